The van der Waals surface area contributed by atoms with Gasteiger partial charge in [-0.15, -0.1) is 0 Å². The van der Waals surface area contributed by atoms with Crippen molar-refractivity contribution in [2.45, 2.75) is 45.1 Å². The number of benzene rings is 1. The van der Waals surface area contributed by atoms with E-state index in [1.807, 2.05) is 30.0 Å². The van der Waals surface area contributed by atoms with E-state index >= 15 is 0 Å². The van der Waals surface area contributed by atoms with Crippen LogP contribution in [0.3, 0.4) is 0 Å². The molecule has 1 amide bonds. The highest BCUT2D eigenvalue weighted by molar-refractivity contribution is 5.79. The van der Waals surface area contributed by atoms with Gasteiger partial charge in [0, 0.05) is 39.1 Å². The highest BCUT2D eigenvalue weighted by Crippen LogP contribution is 2.18. The molecule has 0 saturated carbocycles. The molecule has 0 radical (unpaired) electrons. The Labute approximate surface area is 148 Å². The minimum absolute atomic E-state index is 0.165. The van der Waals surface area contributed by atoms with Crippen molar-refractivity contribution in [3.05, 3.63) is 29.6 Å². The number of carbonyl (C=O) groups excluding carboxylic acids is 1. The van der Waals surface area contributed by atoms with Crippen LogP contribution in [0.25, 0.3) is 11.0 Å². The number of aliphatic hydroxyl groups is 1. The van der Waals surface area contributed by atoms with E-state index in [0.717, 1.165) is 48.4 Å². The van der Waals surface area contributed by atoms with Crippen LogP contribution in [0.15, 0.2) is 18.2 Å². The zero-order chi connectivity index (χ0) is 17.6. The number of aromatic nitrogens is 2. The van der Waals surface area contributed by atoms with Crippen molar-refractivity contribution in [1.82, 2.24) is 14.9 Å². The van der Waals surface area contributed by atoms with Gasteiger partial charge in [0.1, 0.15) is 5.82 Å². The molecule has 1 aromatic heterocycles. The Morgan fingerprint density at radius 2 is 2.20 bits per heavy atom. The summed E-state index contributed by atoms with van der Waals surface area (Å²) in [5.41, 5.74) is 3.17. The number of ether oxygens (including phenoxy) is 1. The molecule has 25 heavy (non-hydrogen) atoms. The van der Waals surface area contributed by atoms with Crippen LogP contribution in [-0.2, 0) is 16.0 Å². The molecule has 1 saturated heterocycles. The van der Waals surface area contributed by atoms with Crippen LogP contribution in [0, 0.1) is 6.92 Å². The molecule has 0 unspecified atom stereocenters. The summed E-state index contributed by atoms with van der Waals surface area (Å²) in [5, 5.41) is 8.78. The Kier molecular flexibility index (Phi) is 6.04. The van der Waals surface area contributed by atoms with Crippen molar-refractivity contribution in [1.29, 1.82) is 0 Å². The summed E-state index contributed by atoms with van der Waals surface area (Å²) >= 11 is 0. The number of piperidine rings is 1. The van der Waals surface area contributed by atoms with E-state index in [0.29, 0.717) is 25.9 Å². The standard InChI is InChI=1S/C19H27N3O3/c1-14-4-2-5-16-19(14)21-17(20-16)6-7-18(24)22-10-8-15(9-11-22)25-13-3-12-23/h2,4-5,15,23H,3,6-13H2,1H3,(H,20,21). The number of rotatable bonds is 7. The van der Waals surface area contributed by atoms with Gasteiger partial charge in [0.25, 0.3) is 0 Å². The number of nitrogens with one attached hydrogen (secondary N) is 1. The fraction of sp³-hybridized carbons (Fsp3) is 0.579. The first-order chi connectivity index (χ1) is 12.2. The van der Waals surface area contributed by atoms with Gasteiger partial charge in [0.15, 0.2) is 0 Å². The lowest BCUT2D eigenvalue weighted by Gasteiger charge is -2.32. The second-order valence-corrected chi connectivity index (χ2v) is 6.68. The van der Waals surface area contributed by atoms with Gasteiger partial charge >= 0.3 is 0 Å². The Balaban J connectivity index is 1.45. The van der Waals surface area contributed by atoms with E-state index in [9.17, 15) is 4.79 Å². The van der Waals surface area contributed by atoms with E-state index in [1.54, 1.807) is 0 Å². The molecule has 2 aromatic rings. The molecule has 136 valence electrons. The summed E-state index contributed by atoms with van der Waals surface area (Å²) in [4.78, 5) is 22.3. The van der Waals surface area contributed by atoms with Crippen molar-refractivity contribution in [3.8, 4) is 0 Å². The van der Waals surface area contributed by atoms with Gasteiger partial charge in [0.05, 0.1) is 17.1 Å². The summed E-state index contributed by atoms with van der Waals surface area (Å²) in [7, 11) is 0. The molecule has 1 aliphatic rings. The van der Waals surface area contributed by atoms with E-state index < -0.39 is 0 Å². The first kappa shape index (κ1) is 17.9. The number of carbonyl (C=O) groups is 1. The van der Waals surface area contributed by atoms with Gasteiger partial charge in [-0.3, -0.25) is 4.79 Å². The topological polar surface area (TPSA) is 78.5 Å². The maximum Gasteiger partial charge on any atom is 0.223 e. The summed E-state index contributed by atoms with van der Waals surface area (Å²) in [6, 6.07) is 6.07. The number of hydrogen-bond donors (Lipinski definition) is 2. The number of H-pyrrole nitrogens is 1. The number of fused-ring (bicyclic) bond motifs is 1. The molecule has 6 heteroatoms. The second kappa shape index (κ2) is 8.45. The lowest BCUT2D eigenvalue weighted by molar-refractivity contribution is -0.133. The predicted molar refractivity (Wildman–Crippen MR) is 96.4 cm³/mol. The monoisotopic (exact) mass is 345 g/mol. The molecule has 0 bridgehead atoms. The van der Waals surface area contributed by atoms with Gasteiger partial charge in [-0.2, -0.15) is 0 Å². The van der Waals surface area contributed by atoms with Crippen molar-refractivity contribution in [3.63, 3.8) is 0 Å². The van der Waals surface area contributed by atoms with Gasteiger partial charge in [-0.05, 0) is 37.8 Å². The van der Waals surface area contributed by atoms with Crippen LogP contribution in [0.2, 0.25) is 0 Å². The molecule has 1 aromatic carbocycles. The highest BCUT2D eigenvalue weighted by atomic mass is 16.5. The molecule has 6 nitrogen and oxygen atoms in total. The SMILES string of the molecule is Cc1cccc2[nH]c(CCC(=O)N3CCC(OCCCO)CC3)nc12. The molecular formula is C19H27N3O3. The molecule has 2 heterocycles. The van der Waals surface area contributed by atoms with E-state index in [-0.39, 0.29) is 18.6 Å². The second-order valence-electron chi connectivity index (χ2n) is 6.68. The fourth-order valence-corrected chi connectivity index (χ4v) is 3.31. The van der Waals surface area contributed by atoms with Crippen LogP contribution in [-0.4, -0.2) is 58.3 Å². The van der Waals surface area contributed by atoms with Crippen LogP contribution in [0.4, 0.5) is 0 Å². The normalized spacial score (nSPS) is 15.8. The van der Waals surface area contributed by atoms with Gasteiger partial charge in [0.2, 0.25) is 5.91 Å². The number of amides is 1. The average Bonchev–Trinajstić information content (AvgIpc) is 3.05. The Morgan fingerprint density at radius 1 is 1.40 bits per heavy atom. The first-order valence-electron chi connectivity index (χ1n) is 9.12. The van der Waals surface area contributed by atoms with Crippen LogP contribution in [0.1, 0.15) is 37.1 Å². The molecule has 1 fully saturated rings. The van der Waals surface area contributed by atoms with Crippen LogP contribution < -0.4 is 0 Å². The molecule has 0 aliphatic carbocycles. The number of imidazole rings is 1. The number of para-hydroxylation sites is 1. The minimum atomic E-state index is 0.165. The summed E-state index contributed by atoms with van der Waals surface area (Å²) in [6.45, 7) is 4.31. The summed E-state index contributed by atoms with van der Waals surface area (Å²) in [5.74, 6) is 1.06. The summed E-state index contributed by atoms with van der Waals surface area (Å²) in [6.07, 6.45) is 3.77. The van der Waals surface area contributed by atoms with Gasteiger partial charge in [-0.1, -0.05) is 12.1 Å². The quantitative estimate of drug-likeness (QED) is 0.754. The van der Waals surface area contributed by atoms with Crippen molar-refractivity contribution in [2.24, 2.45) is 0 Å². The number of hydrogen-bond acceptors (Lipinski definition) is 4. The van der Waals surface area contributed by atoms with Crippen molar-refractivity contribution in [2.75, 3.05) is 26.3 Å². The zero-order valence-corrected chi connectivity index (χ0v) is 14.8. The maximum atomic E-state index is 12.4. The third kappa shape index (κ3) is 4.58. The van der Waals surface area contributed by atoms with E-state index in [2.05, 4.69) is 9.97 Å². The minimum Gasteiger partial charge on any atom is -0.396 e. The largest absolute Gasteiger partial charge is 0.396 e. The molecule has 1 aliphatic heterocycles. The maximum absolute atomic E-state index is 12.4. The van der Waals surface area contributed by atoms with Crippen molar-refractivity contribution < 1.29 is 14.6 Å². The molecule has 0 spiro atoms. The highest BCUT2D eigenvalue weighted by Gasteiger charge is 2.23. The molecule has 3 rings (SSSR count). The lowest BCUT2D eigenvalue weighted by Crippen LogP contribution is -2.41. The smallest absolute Gasteiger partial charge is 0.223 e. The Bertz CT molecular complexity index is 705. The van der Waals surface area contributed by atoms with Crippen molar-refractivity contribution >= 4 is 16.9 Å². The Morgan fingerprint density at radius 3 is 2.92 bits per heavy atom. The molecular weight excluding hydrogens is 318 g/mol. The first-order valence-corrected chi connectivity index (χ1v) is 9.12. The number of aromatic amines is 1. The third-order valence-electron chi connectivity index (χ3n) is 4.79. The Hall–Kier alpha value is -1.92. The number of likely N-dealkylation sites (tertiary alicyclic amines) is 1. The number of aliphatic hydroxyl groups excluding tert-OH is 1. The predicted octanol–water partition coefficient (Wildman–Crippen LogP) is 2.19. The molecule has 2 N–H and O–H groups in total. The van der Waals surface area contributed by atoms with E-state index in [4.69, 9.17) is 9.84 Å². The van der Waals surface area contributed by atoms with Crippen LogP contribution >= 0.6 is 0 Å². The zero-order valence-electron chi connectivity index (χ0n) is 14.8. The van der Waals surface area contributed by atoms with Crippen LogP contribution in [0.5, 0.6) is 0 Å². The van der Waals surface area contributed by atoms with Gasteiger partial charge < -0.3 is 19.7 Å². The number of nitrogens with zero attached hydrogens (tertiary/aromatic N) is 2. The van der Waals surface area contributed by atoms with Gasteiger partial charge in [-0.25, -0.2) is 4.98 Å². The third-order valence-corrected chi connectivity index (χ3v) is 4.79. The van der Waals surface area contributed by atoms with E-state index in [1.165, 1.54) is 0 Å². The fourth-order valence-electron chi connectivity index (χ4n) is 3.31. The average molecular weight is 345 g/mol. The number of aryl methyl sites for hydroxylation is 2. The summed E-state index contributed by atoms with van der Waals surface area (Å²) < 4.78 is 5.71. The lowest BCUT2D eigenvalue weighted by atomic mass is 10.1. The molecule has 0 atom stereocenters.